The molecule has 5 nitrogen and oxygen atoms in total. The van der Waals surface area contributed by atoms with Crippen LogP contribution in [0.15, 0.2) is 59.5 Å². The summed E-state index contributed by atoms with van der Waals surface area (Å²) in [6.45, 7) is 8.21. The van der Waals surface area contributed by atoms with Gasteiger partial charge in [0.1, 0.15) is 8.07 Å². The minimum Gasteiger partial charge on any atom is -0.344 e. The second-order valence-corrected chi connectivity index (χ2v) is 14.1. The smallest absolute Gasteiger partial charge is 0.241 e. The maximum Gasteiger partial charge on any atom is 0.241 e. The molecule has 0 saturated carbocycles. The lowest BCUT2D eigenvalue weighted by molar-refractivity contribution is -0.129. The average Bonchev–Trinajstić information content (AvgIpc) is 2.67. The van der Waals surface area contributed by atoms with Crippen molar-refractivity contribution in [2.75, 3.05) is 13.6 Å². The minimum atomic E-state index is -3.71. The lowest BCUT2D eigenvalue weighted by atomic mass is 10.2. The van der Waals surface area contributed by atoms with Crippen molar-refractivity contribution in [2.45, 2.75) is 43.9 Å². The summed E-state index contributed by atoms with van der Waals surface area (Å²) in [6.07, 6.45) is 0.821. The fraction of sp³-hybridized carbons (Fsp3) is 0.381. The predicted molar refractivity (Wildman–Crippen MR) is 117 cm³/mol. The van der Waals surface area contributed by atoms with E-state index in [1.54, 1.807) is 36.2 Å². The Kier molecular flexibility index (Phi) is 7.20. The van der Waals surface area contributed by atoms with Gasteiger partial charge in [-0.2, -0.15) is 0 Å². The molecule has 0 aliphatic rings. The first-order valence-electron chi connectivity index (χ1n) is 9.47. The molecular formula is C21H30N2O3SSi. The predicted octanol–water partition coefficient (Wildman–Crippen LogP) is 2.67. The zero-order valence-corrected chi connectivity index (χ0v) is 19.1. The van der Waals surface area contributed by atoms with Gasteiger partial charge in [-0.15, -0.1) is 0 Å². The zero-order valence-electron chi connectivity index (χ0n) is 17.3. The Balaban J connectivity index is 2.11. The zero-order chi connectivity index (χ0) is 20.9. The van der Waals surface area contributed by atoms with Crippen LogP contribution < -0.4 is 9.91 Å². The molecule has 7 heteroatoms. The number of hydrogen-bond acceptors (Lipinski definition) is 3. The molecule has 0 aromatic heterocycles. The van der Waals surface area contributed by atoms with E-state index in [9.17, 15) is 13.2 Å². The van der Waals surface area contributed by atoms with Crippen LogP contribution in [0.25, 0.3) is 0 Å². The number of rotatable bonds is 8. The van der Waals surface area contributed by atoms with Crippen LogP contribution in [0.1, 0.15) is 18.9 Å². The highest BCUT2D eigenvalue weighted by molar-refractivity contribution is 7.89. The van der Waals surface area contributed by atoms with E-state index in [1.165, 1.54) is 5.19 Å². The van der Waals surface area contributed by atoms with Gasteiger partial charge in [0.2, 0.25) is 15.9 Å². The molecule has 0 aliphatic carbocycles. The number of amides is 1. The fourth-order valence-electron chi connectivity index (χ4n) is 3.58. The highest BCUT2D eigenvalue weighted by Crippen LogP contribution is 2.18. The summed E-state index contributed by atoms with van der Waals surface area (Å²) in [6, 6.07) is 16.8. The molecule has 1 atom stereocenters. The number of nitrogens with zero attached hydrogens (tertiary/aromatic N) is 1. The van der Waals surface area contributed by atoms with Crippen LogP contribution in [-0.4, -0.2) is 46.6 Å². The summed E-state index contributed by atoms with van der Waals surface area (Å²) < 4.78 is 27.4. The van der Waals surface area contributed by atoms with Crippen LogP contribution in [0.2, 0.25) is 13.1 Å². The van der Waals surface area contributed by atoms with E-state index in [1.807, 2.05) is 25.1 Å². The van der Waals surface area contributed by atoms with Gasteiger partial charge in [-0.3, -0.25) is 4.79 Å². The Morgan fingerprint density at radius 3 is 2.18 bits per heavy atom. The first-order chi connectivity index (χ1) is 13.1. The highest BCUT2D eigenvalue weighted by atomic mass is 32.2. The molecule has 0 saturated heterocycles. The molecule has 1 amide bonds. The van der Waals surface area contributed by atoms with Crippen molar-refractivity contribution in [2.24, 2.45) is 0 Å². The van der Waals surface area contributed by atoms with Crippen LogP contribution in [0.3, 0.4) is 0 Å². The Morgan fingerprint density at radius 2 is 1.64 bits per heavy atom. The SMILES string of the molecule is CCC(N(C)C(=O)CNS(=O)(=O)c1ccc(C)cc1)[Si](C)(C)c1ccccc1. The normalized spacial score (nSPS) is 13.2. The summed E-state index contributed by atoms with van der Waals surface area (Å²) in [4.78, 5) is 14.7. The van der Waals surface area contributed by atoms with Crippen molar-refractivity contribution in [3.8, 4) is 0 Å². The van der Waals surface area contributed by atoms with Crippen molar-refractivity contribution in [3.05, 3.63) is 60.2 Å². The van der Waals surface area contributed by atoms with Crippen LogP contribution in [0.4, 0.5) is 0 Å². The first kappa shape index (κ1) is 22.3. The van der Waals surface area contributed by atoms with Gasteiger partial charge in [0.25, 0.3) is 0 Å². The Hall–Kier alpha value is -1.96. The first-order valence-corrected chi connectivity index (χ1v) is 14.0. The monoisotopic (exact) mass is 418 g/mol. The standard InChI is InChI=1S/C21H30N2O3SSi/c1-6-21(28(4,5)19-10-8-7-9-11-19)23(3)20(24)16-22-27(25,26)18-14-12-17(2)13-15-18/h7-15,21-22H,6,16H2,1-5H3. The van der Waals surface area contributed by atoms with Crippen LogP contribution >= 0.6 is 0 Å². The molecule has 2 aromatic carbocycles. The van der Waals surface area contributed by atoms with Gasteiger partial charge < -0.3 is 4.90 Å². The summed E-state index contributed by atoms with van der Waals surface area (Å²) in [5.74, 6) is -0.223. The van der Waals surface area contributed by atoms with Gasteiger partial charge in [-0.05, 0) is 25.5 Å². The summed E-state index contributed by atoms with van der Waals surface area (Å²) >= 11 is 0. The van der Waals surface area contributed by atoms with E-state index >= 15 is 0 Å². The number of carbonyl (C=O) groups excluding carboxylic acids is 1. The lowest BCUT2D eigenvalue weighted by Crippen LogP contribution is -2.61. The maximum atomic E-state index is 12.8. The molecular weight excluding hydrogens is 388 g/mol. The minimum absolute atomic E-state index is 0.0753. The molecule has 28 heavy (non-hydrogen) atoms. The molecule has 2 rings (SSSR count). The highest BCUT2D eigenvalue weighted by Gasteiger charge is 2.37. The Bertz CT molecular complexity index is 897. The van der Waals surface area contributed by atoms with E-state index in [4.69, 9.17) is 0 Å². The molecule has 0 bridgehead atoms. The Morgan fingerprint density at radius 1 is 1.07 bits per heavy atom. The number of nitrogens with one attached hydrogen (secondary N) is 1. The van der Waals surface area contributed by atoms with Crippen molar-refractivity contribution >= 4 is 29.2 Å². The van der Waals surface area contributed by atoms with E-state index < -0.39 is 18.1 Å². The molecule has 0 radical (unpaired) electrons. The second-order valence-electron chi connectivity index (χ2n) is 7.65. The average molecular weight is 419 g/mol. The number of sulfonamides is 1. The molecule has 0 fully saturated rings. The van der Waals surface area contributed by atoms with Crippen LogP contribution in [-0.2, 0) is 14.8 Å². The number of benzene rings is 2. The Labute approximate surface area is 169 Å². The van der Waals surface area contributed by atoms with Gasteiger partial charge in [-0.1, -0.05) is 73.2 Å². The van der Waals surface area contributed by atoms with Gasteiger partial charge in [0.15, 0.2) is 0 Å². The molecule has 0 aliphatic heterocycles. The number of carbonyl (C=O) groups is 1. The molecule has 1 unspecified atom stereocenters. The molecule has 0 spiro atoms. The van der Waals surface area contributed by atoms with Crippen molar-refractivity contribution in [1.82, 2.24) is 9.62 Å². The van der Waals surface area contributed by atoms with Gasteiger partial charge in [-0.25, -0.2) is 13.1 Å². The summed E-state index contributed by atoms with van der Waals surface area (Å²) in [7, 11) is -3.89. The largest absolute Gasteiger partial charge is 0.344 e. The van der Waals surface area contributed by atoms with Gasteiger partial charge >= 0.3 is 0 Å². The lowest BCUT2D eigenvalue weighted by Gasteiger charge is -2.39. The fourth-order valence-corrected chi connectivity index (χ4v) is 8.13. The van der Waals surface area contributed by atoms with Crippen molar-refractivity contribution < 1.29 is 13.2 Å². The van der Waals surface area contributed by atoms with E-state index in [2.05, 4.69) is 36.9 Å². The third-order valence-corrected chi connectivity index (χ3v) is 11.0. The maximum absolute atomic E-state index is 12.8. The van der Waals surface area contributed by atoms with Crippen LogP contribution in [0.5, 0.6) is 0 Å². The van der Waals surface area contributed by atoms with Gasteiger partial charge in [0, 0.05) is 12.7 Å². The second kappa shape index (κ2) is 9.02. The van der Waals surface area contributed by atoms with E-state index in [0.717, 1.165) is 12.0 Å². The van der Waals surface area contributed by atoms with E-state index in [0.29, 0.717) is 0 Å². The third kappa shape index (κ3) is 5.10. The van der Waals surface area contributed by atoms with Crippen molar-refractivity contribution in [3.63, 3.8) is 0 Å². The quantitative estimate of drug-likeness (QED) is 0.670. The molecule has 1 N–H and O–H groups in total. The van der Waals surface area contributed by atoms with E-state index in [-0.39, 0.29) is 23.0 Å². The third-order valence-electron chi connectivity index (χ3n) is 5.34. The molecule has 0 heterocycles. The van der Waals surface area contributed by atoms with Crippen LogP contribution in [0, 0.1) is 6.92 Å². The molecule has 152 valence electrons. The topological polar surface area (TPSA) is 66.5 Å². The summed E-state index contributed by atoms with van der Waals surface area (Å²) in [5.41, 5.74) is 1.06. The number of likely N-dealkylation sites (N-methyl/N-ethyl adjacent to an activating group) is 1. The number of hydrogen-bond donors (Lipinski definition) is 1. The summed E-state index contributed by atoms with van der Waals surface area (Å²) in [5, 5.41) is 1.28. The van der Waals surface area contributed by atoms with Crippen molar-refractivity contribution in [1.29, 1.82) is 0 Å². The molecule has 2 aromatic rings. The van der Waals surface area contributed by atoms with Gasteiger partial charge in [0.05, 0.1) is 11.4 Å². The number of aryl methyl sites for hydroxylation is 1.